The van der Waals surface area contributed by atoms with E-state index in [9.17, 15) is 4.79 Å². The largest absolute Gasteiger partial charge is 0.353 e. The molecule has 2 rings (SSSR count). The molecule has 1 amide bonds. The molecule has 0 saturated heterocycles. The van der Waals surface area contributed by atoms with Crippen molar-refractivity contribution in [1.29, 1.82) is 0 Å². The highest BCUT2D eigenvalue weighted by Gasteiger charge is 2.12. The molecule has 3 nitrogen and oxygen atoms in total. The minimum absolute atomic E-state index is 0.106. The van der Waals surface area contributed by atoms with Crippen LogP contribution in [0.25, 0.3) is 0 Å². The Morgan fingerprint density at radius 2 is 2.22 bits per heavy atom. The maximum atomic E-state index is 12.0. The molecule has 0 unspecified atom stereocenters. The number of rotatable bonds is 4. The number of aryl methyl sites for hydroxylation is 1. The van der Waals surface area contributed by atoms with Crippen molar-refractivity contribution in [2.45, 2.75) is 13.0 Å². The SMILES string of the molecule is CN(Cc1cccn1C)C(=O)Cc1ccc(Cl)s1. The van der Waals surface area contributed by atoms with Crippen molar-refractivity contribution in [1.82, 2.24) is 9.47 Å². The van der Waals surface area contributed by atoms with Gasteiger partial charge in [-0.25, -0.2) is 0 Å². The van der Waals surface area contributed by atoms with E-state index in [4.69, 9.17) is 11.6 Å². The molecule has 0 aromatic carbocycles. The molecule has 0 radical (unpaired) electrons. The third-order valence-corrected chi connectivity index (χ3v) is 4.06. The van der Waals surface area contributed by atoms with Crippen LogP contribution in [0.4, 0.5) is 0 Å². The lowest BCUT2D eigenvalue weighted by atomic mass is 10.3. The van der Waals surface area contributed by atoms with Crippen LogP contribution in [0.3, 0.4) is 0 Å². The molecule has 18 heavy (non-hydrogen) atoms. The van der Waals surface area contributed by atoms with Crippen molar-refractivity contribution in [3.8, 4) is 0 Å². The third kappa shape index (κ3) is 3.15. The van der Waals surface area contributed by atoms with Crippen LogP contribution in [0.2, 0.25) is 4.34 Å². The van der Waals surface area contributed by atoms with Gasteiger partial charge in [-0.3, -0.25) is 4.79 Å². The first-order valence-corrected chi connectivity index (χ1v) is 6.84. The summed E-state index contributed by atoms with van der Waals surface area (Å²) >= 11 is 7.31. The van der Waals surface area contributed by atoms with Crippen molar-refractivity contribution in [2.24, 2.45) is 7.05 Å². The van der Waals surface area contributed by atoms with Crippen molar-refractivity contribution >= 4 is 28.8 Å². The fraction of sp³-hybridized carbons (Fsp3) is 0.308. The molecule has 96 valence electrons. The van der Waals surface area contributed by atoms with Crippen molar-refractivity contribution < 1.29 is 4.79 Å². The maximum Gasteiger partial charge on any atom is 0.227 e. The molecular weight excluding hydrogens is 268 g/mol. The van der Waals surface area contributed by atoms with Gasteiger partial charge in [0.05, 0.1) is 17.3 Å². The molecule has 0 bridgehead atoms. The van der Waals surface area contributed by atoms with Gasteiger partial charge < -0.3 is 9.47 Å². The predicted octanol–water partition coefficient (Wildman–Crippen LogP) is 2.94. The summed E-state index contributed by atoms with van der Waals surface area (Å²) in [5.74, 6) is 0.106. The molecule has 2 heterocycles. The molecule has 0 aliphatic carbocycles. The number of carbonyl (C=O) groups is 1. The number of amides is 1. The summed E-state index contributed by atoms with van der Waals surface area (Å²) < 4.78 is 2.74. The van der Waals surface area contributed by atoms with Gasteiger partial charge in [0.2, 0.25) is 5.91 Å². The molecule has 0 N–H and O–H groups in total. The van der Waals surface area contributed by atoms with Gasteiger partial charge in [0.1, 0.15) is 0 Å². The van der Waals surface area contributed by atoms with Crippen LogP contribution in [-0.4, -0.2) is 22.4 Å². The molecule has 0 aliphatic heterocycles. The summed E-state index contributed by atoms with van der Waals surface area (Å²) in [5.41, 5.74) is 1.12. The van der Waals surface area contributed by atoms with E-state index in [2.05, 4.69) is 0 Å². The molecule has 0 atom stereocenters. The fourth-order valence-electron chi connectivity index (χ4n) is 1.72. The molecule has 0 saturated carbocycles. The van der Waals surface area contributed by atoms with Crippen LogP contribution in [-0.2, 0) is 24.8 Å². The summed E-state index contributed by atoms with van der Waals surface area (Å²) in [6.07, 6.45) is 2.39. The normalized spacial score (nSPS) is 10.6. The number of carbonyl (C=O) groups excluding carboxylic acids is 1. The lowest BCUT2D eigenvalue weighted by Gasteiger charge is -2.17. The van der Waals surface area contributed by atoms with Gasteiger partial charge in [-0.15, -0.1) is 11.3 Å². The number of aromatic nitrogens is 1. The molecule has 0 fully saturated rings. The maximum absolute atomic E-state index is 12.0. The molecule has 2 aromatic heterocycles. The number of thiophene rings is 1. The van der Waals surface area contributed by atoms with Gasteiger partial charge in [-0.2, -0.15) is 0 Å². The minimum Gasteiger partial charge on any atom is -0.353 e. The van der Waals surface area contributed by atoms with Gasteiger partial charge in [0, 0.05) is 30.9 Å². The number of halogens is 1. The smallest absolute Gasteiger partial charge is 0.227 e. The van der Waals surface area contributed by atoms with Crippen LogP contribution in [0.1, 0.15) is 10.6 Å². The Morgan fingerprint density at radius 3 is 2.78 bits per heavy atom. The number of hydrogen-bond acceptors (Lipinski definition) is 2. The van der Waals surface area contributed by atoms with Crippen LogP contribution < -0.4 is 0 Å². The van der Waals surface area contributed by atoms with E-state index in [1.165, 1.54) is 11.3 Å². The molecule has 0 aliphatic rings. The molecule has 0 spiro atoms. The quantitative estimate of drug-likeness (QED) is 0.846. The molecule has 5 heteroatoms. The summed E-state index contributed by atoms with van der Waals surface area (Å²) in [6.45, 7) is 0.626. The second kappa shape index (κ2) is 5.59. The van der Waals surface area contributed by atoms with Gasteiger partial charge in [-0.05, 0) is 24.3 Å². The highest BCUT2D eigenvalue weighted by molar-refractivity contribution is 7.16. The van der Waals surface area contributed by atoms with Gasteiger partial charge in [0.25, 0.3) is 0 Å². The van der Waals surface area contributed by atoms with E-state index in [1.54, 1.807) is 4.90 Å². The lowest BCUT2D eigenvalue weighted by molar-refractivity contribution is -0.129. The Labute approximate surface area is 116 Å². The first kappa shape index (κ1) is 13.2. The second-order valence-corrected chi connectivity index (χ2v) is 6.04. The van der Waals surface area contributed by atoms with Gasteiger partial charge >= 0.3 is 0 Å². The highest BCUT2D eigenvalue weighted by atomic mass is 35.5. The number of nitrogens with zero attached hydrogens (tertiary/aromatic N) is 2. The first-order valence-electron chi connectivity index (χ1n) is 5.64. The summed E-state index contributed by atoms with van der Waals surface area (Å²) in [6, 6.07) is 7.73. The third-order valence-electron chi connectivity index (χ3n) is 2.83. The Morgan fingerprint density at radius 1 is 1.44 bits per heavy atom. The zero-order chi connectivity index (χ0) is 13.1. The number of hydrogen-bond donors (Lipinski definition) is 0. The monoisotopic (exact) mass is 282 g/mol. The number of likely N-dealkylation sites (N-methyl/N-ethyl adjacent to an activating group) is 1. The zero-order valence-corrected chi connectivity index (χ0v) is 12.0. The van der Waals surface area contributed by atoms with E-state index >= 15 is 0 Å². The average Bonchev–Trinajstić information content (AvgIpc) is 2.89. The Balaban J connectivity index is 1.95. The standard InChI is InChI=1S/C13H15ClN2OS/c1-15-7-3-4-10(15)9-16(2)13(17)8-11-5-6-12(14)18-11/h3-7H,8-9H2,1-2H3. The minimum atomic E-state index is 0.106. The van der Waals surface area contributed by atoms with Gasteiger partial charge in [0.15, 0.2) is 0 Å². The zero-order valence-electron chi connectivity index (χ0n) is 10.4. The predicted molar refractivity (Wildman–Crippen MR) is 74.9 cm³/mol. The second-order valence-electron chi connectivity index (χ2n) is 4.24. The van der Waals surface area contributed by atoms with Gasteiger partial charge in [-0.1, -0.05) is 11.6 Å². The molecule has 2 aromatic rings. The van der Waals surface area contributed by atoms with Crippen LogP contribution >= 0.6 is 22.9 Å². The lowest BCUT2D eigenvalue weighted by Crippen LogP contribution is -2.28. The summed E-state index contributed by atoms with van der Waals surface area (Å²) in [7, 11) is 3.80. The Kier molecular flexibility index (Phi) is 4.09. The van der Waals surface area contributed by atoms with Crippen LogP contribution in [0, 0.1) is 0 Å². The van der Waals surface area contributed by atoms with E-state index in [-0.39, 0.29) is 5.91 Å². The van der Waals surface area contributed by atoms with E-state index < -0.39 is 0 Å². The summed E-state index contributed by atoms with van der Waals surface area (Å²) in [5, 5.41) is 0. The van der Waals surface area contributed by atoms with E-state index in [0.29, 0.717) is 13.0 Å². The van der Waals surface area contributed by atoms with Crippen molar-refractivity contribution in [3.05, 3.63) is 45.4 Å². The van der Waals surface area contributed by atoms with E-state index in [0.717, 1.165) is 14.9 Å². The fourth-order valence-corrected chi connectivity index (χ4v) is 2.80. The topological polar surface area (TPSA) is 25.2 Å². The molecular formula is C13H15ClN2OS. The average molecular weight is 283 g/mol. The highest BCUT2D eigenvalue weighted by Crippen LogP contribution is 2.22. The van der Waals surface area contributed by atoms with Crippen molar-refractivity contribution in [2.75, 3.05) is 7.05 Å². The van der Waals surface area contributed by atoms with Crippen molar-refractivity contribution in [3.63, 3.8) is 0 Å². The van der Waals surface area contributed by atoms with E-state index in [1.807, 2.05) is 49.1 Å². The van der Waals surface area contributed by atoms with Crippen LogP contribution in [0.15, 0.2) is 30.5 Å². The summed E-state index contributed by atoms with van der Waals surface area (Å²) in [4.78, 5) is 14.8. The van der Waals surface area contributed by atoms with Crippen LogP contribution in [0.5, 0.6) is 0 Å². The Hall–Kier alpha value is -1.26. The first-order chi connectivity index (χ1) is 8.56. The Bertz CT molecular complexity index is 547.